The molecule has 1 fully saturated rings. The molecule has 14 heavy (non-hydrogen) atoms. The van der Waals surface area contributed by atoms with E-state index >= 15 is 0 Å². The first-order valence-electron chi connectivity index (χ1n) is 5.48. The van der Waals surface area contributed by atoms with Gasteiger partial charge in [0.15, 0.2) is 18.3 Å². The van der Waals surface area contributed by atoms with Crippen LogP contribution >= 0.6 is 0 Å². The highest BCUT2D eigenvalue weighted by molar-refractivity contribution is 5.54. The molecular weight excluding hydrogens is 181 g/mol. The Bertz CT molecular complexity index is 252. The van der Waals surface area contributed by atoms with Crippen molar-refractivity contribution in [3.05, 3.63) is 0 Å². The van der Waals surface area contributed by atoms with Crippen molar-refractivity contribution in [1.29, 1.82) is 0 Å². The van der Waals surface area contributed by atoms with Crippen LogP contribution in [-0.2, 0) is 4.74 Å². The van der Waals surface area contributed by atoms with Crippen molar-refractivity contribution < 1.29 is 13.7 Å². The molecule has 2 rings (SSSR count). The fraction of sp³-hybridized carbons (Fsp3) is 0.909. The minimum atomic E-state index is -0.665. The molecular formula is C11H19FNO+. The van der Waals surface area contributed by atoms with Crippen molar-refractivity contribution in [2.24, 2.45) is 0 Å². The Morgan fingerprint density at radius 3 is 3.14 bits per heavy atom. The Morgan fingerprint density at radius 1 is 1.64 bits per heavy atom. The molecule has 0 spiro atoms. The molecule has 0 aromatic rings. The fourth-order valence-electron chi connectivity index (χ4n) is 2.54. The maximum absolute atomic E-state index is 13.3. The Kier molecular flexibility index (Phi) is 2.60. The molecule has 3 heteroatoms. The smallest absolute Gasteiger partial charge is 0.188 e. The predicted octanol–water partition coefficient (Wildman–Crippen LogP) is 1.77. The average Bonchev–Trinajstić information content (AvgIpc) is 2.56. The lowest BCUT2D eigenvalue weighted by molar-refractivity contribution is -0.580. The monoisotopic (exact) mass is 200 g/mol. The maximum atomic E-state index is 13.3. The summed E-state index contributed by atoms with van der Waals surface area (Å²) in [5.74, 6) is 0. The van der Waals surface area contributed by atoms with Gasteiger partial charge in [-0.1, -0.05) is 0 Å². The molecule has 2 unspecified atom stereocenters. The highest BCUT2D eigenvalue weighted by atomic mass is 19.1. The molecule has 0 amide bonds. The van der Waals surface area contributed by atoms with Gasteiger partial charge >= 0.3 is 0 Å². The third-order valence-corrected chi connectivity index (χ3v) is 3.25. The Hall–Kier alpha value is -0.440. The van der Waals surface area contributed by atoms with Crippen LogP contribution in [0.4, 0.5) is 4.39 Å². The first-order valence-corrected chi connectivity index (χ1v) is 5.48. The van der Waals surface area contributed by atoms with Crippen molar-refractivity contribution in [1.82, 2.24) is 0 Å². The molecule has 2 nitrogen and oxygen atoms in total. The molecule has 0 aromatic carbocycles. The second-order valence-electron chi connectivity index (χ2n) is 4.76. The Labute approximate surface area is 84.8 Å². The Balaban J connectivity index is 2.03. The molecule has 2 heterocycles. The van der Waals surface area contributed by atoms with E-state index < -0.39 is 6.17 Å². The molecule has 0 N–H and O–H groups in total. The van der Waals surface area contributed by atoms with Crippen molar-refractivity contribution in [2.75, 3.05) is 13.2 Å². The molecule has 2 aliphatic rings. The highest BCUT2D eigenvalue weighted by Gasteiger charge is 2.53. The summed E-state index contributed by atoms with van der Waals surface area (Å²) in [7, 11) is 0. The van der Waals surface area contributed by atoms with E-state index in [1.165, 1.54) is 0 Å². The van der Waals surface area contributed by atoms with Crippen LogP contribution in [0.2, 0.25) is 0 Å². The molecule has 0 bridgehead atoms. The molecule has 0 radical (unpaired) electrons. The summed E-state index contributed by atoms with van der Waals surface area (Å²) in [6.07, 6.45) is 4.50. The van der Waals surface area contributed by atoms with E-state index in [-0.39, 0.29) is 11.6 Å². The summed E-state index contributed by atoms with van der Waals surface area (Å²) in [6, 6.07) is 0. The van der Waals surface area contributed by atoms with Crippen molar-refractivity contribution in [3.8, 4) is 0 Å². The minimum Gasteiger partial charge on any atom is -0.372 e. The van der Waals surface area contributed by atoms with E-state index in [0.717, 1.165) is 12.8 Å². The molecule has 0 saturated carbocycles. The van der Waals surface area contributed by atoms with Crippen LogP contribution in [0.1, 0.15) is 33.1 Å². The Morgan fingerprint density at radius 2 is 2.43 bits per heavy atom. The maximum Gasteiger partial charge on any atom is 0.188 e. The van der Waals surface area contributed by atoms with Gasteiger partial charge < -0.3 is 4.74 Å². The number of hydrogen-bond donors (Lipinski definition) is 0. The summed E-state index contributed by atoms with van der Waals surface area (Å²) in [5, 5.41) is 0. The molecule has 0 aromatic heterocycles. The minimum absolute atomic E-state index is 0.0102. The summed E-state index contributed by atoms with van der Waals surface area (Å²) >= 11 is 0. The third-order valence-electron chi connectivity index (χ3n) is 3.25. The average molecular weight is 200 g/mol. The van der Waals surface area contributed by atoms with Gasteiger partial charge in [-0.2, -0.15) is 0 Å². The SMILES string of the molecule is CC(C)OCC12CCC=[N+]1CC(F)C2. The number of hydrogen-bond acceptors (Lipinski definition) is 1. The predicted molar refractivity (Wildman–Crippen MR) is 53.8 cm³/mol. The lowest BCUT2D eigenvalue weighted by atomic mass is 9.94. The van der Waals surface area contributed by atoms with Gasteiger partial charge in [0.05, 0.1) is 12.5 Å². The summed E-state index contributed by atoms with van der Waals surface area (Å²) in [5.41, 5.74) is -0.0102. The van der Waals surface area contributed by atoms with Crippen LogP contribution in [-0.4, -0.2) is 41.8 Å². The largest absolute Gasteiger partial charge is 0.372 e. The van der Waals surface area contributed by atoms with Gasteiger partial charge in [0.2, 0.25) is 0 Å². The summed E-state index contributed by atoms with van der Waals surface area (Å²) in [4.78, 5) is 0. The second kappa shape index (κ2) is 3.61. The van der Waals surface area contributed by atoms with Gasteiger partial charge in [-0.05, 0) is 13.8 Å². The number of ether oxygens (including phenoxy) is 1. The van der Waals surface area contributed by atoms with E-state index in [0.29, 0.717) is 19.6 Å². The van der Waals surface area contributed by atoms with E-state index in [2.05, 4.69) is 10.8 Å². The lowest BCUT2D eigenvalue weighted by Crippen LogP contribution is -2.39. The first-order chi connectivity index (χ1) is 6.62. The van der Waals surface area contributed by atoms with Gasteiger partial charge in [-0.3, -0.25) is 0 Å². The normalized spacial score (nSPS) is 36.3. The van der Waals surface area contributed by atoms with Crippen LogP contribution in [0.25, 0.3) is 0 Å². The molecule has 0 aliphatic carbocycles. The number of halogens is 1. The lowest BCUT2D eigenvalue weighted by Gasteiger charge is -2.21. The number of fused-ring (bicyclic) bond motifs is 1. The van der Waals surface area contributed by atoms with Crippen molar-refractivity contribution in [3.63, 3.8) is 0 Å². The van der Waals surface area contributed by atoms with E-state index in [9.17, 15) is 4.39 Å². The van der Waals surface area contributed by atoms with Gasteiger partial charge in [0, 0.05) is 12.8 Å². The van der Waals surface area contributed by atoms with Gasteiger partial charge in [-0.15, -0.1) is 0 Å². The van der Waals surface area contributed by atoms with Crippen LogP contribution < -0.4 is 0 Å². The molecule has 1 saturated heterocycles. The van der Waals surface area contributed by atoms with E-state index in [1.54, 1.807) is 0 Å². The molecule has 2 atom stereocenters. The zero-order valence-corrected chi connectivity index (χ0v) is 9.00. The van der Waals surface area contributed by atoms with Crippen LogP contribution in [0.5, 0.6) is 0 Å². The number of nitrogens with zero attached hydrogens (tertiary/aromatic N) is 1. The molecule has 80 valence electrons. The topological polar surface area (TPSA) is 12.2 Å². The van der Waals surface area contributed by atoms with Gasteiger partial charge in [-0.25, -0.2) is 8.97 Å². The van der Waals surface area contributed by atoms with Gasteiger partial charge in [0.1, 0.15) is 12.8 Å². The number of rotatable bonds is 3. The standard InChI is InChI=1S/C11H19FNO/c1-9(2)14-8-11-4-3-5-13(11)7-10(12)6-11/h5,9-10H,3-4,6-8H2,1-2H3/q+1. The summed E-state index contributed by atoms with van der Waals surface area (Å²) in [6.45, 7) is 5.31. The van der Waals surface area contributed by atoms with Crippen LogP contribution in [0.15, 0.2) is 0 Å². The van der Waals surface area contributed by atoms with Gasteiger partial charge in [0.25, 0.3) is 0 Å². The van der Waals surface area contributed by atoms with E-state index in [4.69, 9.17) is 4.74 Å². The van der Waals surface area contributed by atoms with Crippen molar-refractivity contribution >= 4 is 6.21 Å². The zero-order valence-electron chi connectivity index (χ0n) is 9.00. The van der Waals surface area contributed by atoms with Crippen LogP contribution in [0.3, 0.4) is 0 Å². The zero-order chi connectivity index (χ0) is 10.2. The number of alkyl halides is 1. The summed E-state index contributed by atoms with van der Waals surface area (Å²) < 4.78 is 21.1. The van der Waals surface area contributed by atoms with Crippen molar-refractivity contribution in [2.45, 2.75) is 50.9 Å². The second-order valence-corrected chi connectivity index (χ2v) is 4.76. The fourth-order valence-corrected chi connectivity index (χ4v) is 2.54. The first kappa shape index (κ1) is 10.1. The highest BCUT2D eigenvalue weighted by Crippen LogP contribution is 2.35. The third kappa shape index (κ3) is 1.70. The quantitative estimate of drug-likeness (QED) is 0.632. The van der Waals surface area contributed by atoms with E-state index in [1.807, 2.05) is 13.8 Å². The molecule has 2 aliphatic heterocycles. The van der Waals surface area contributed by atoms with Crippen LogP contribution in [0, 0.1) is 0 Å².